The van der Waals surface area contributed by atoms with Crippen molar-refractivity contribution in [3.8, 4) is 0 Å². The molecule has 2 N–H and O–H groups in total. The highest BCUT2D eigenvalue weighted by Crippen LogP contribution is 2.26. The second kappa shape index (κ2) is 7.63. The van der Waals surface area contributed by atoms with Gasteiger partial charge in [-0.2, -0.15) is 0 Å². The lowest BCUT2D eigenvalue weighted by molar-refractivity contribution is -0.119. The molecule has 2 rings (SSSR count). The summed E-state index contributed by atoms with van der Waals surface area (Å²) in [6.07, 6.45) is 1.85. The molecule has 0 spiro atoms. The molecule has 5 nitrogen and oxygen atoms in total. The zero-order chi connectivity index (χ0) is 16.1. The van der Waals surface area contributed by atoms with Crippen molar-refractivity contribution in [3.63, 3.8) is 0 Å². The summed E-state index contributed by atoms with van der Waals surface area (Å²) < 4.78 is 0. The average molecular weight is 323 g/mol. The smallest absolute Gasteiger partial charge is 0.317 e. The summed E-state index contributed by atoms with van der Waals surface area (Å²) in [5.74, 6) is 0.296. The summed E-state index contributed by atoms with van der Waals surface area (Å²) >= 11 is 1.67. The first-order valence-corrected chi connectivity index (χ1v) is 8.71. The standard InChI is InChI=1S/C16H25N3O2S/c1-11(2)15(14-7-5-9-22-14)18-16(21)19-8-4-6-13(10-19)17-12(3)20/h5,7,9,11,13,15H,4,6,8,10H2,1-3H3,(H,17,20)(H,18,21)/t13-,15-/m0/s1. The predicted octanol–water partition coefficient (Wildman–Crippen LogP) is 2.76. The lowest BCUT2D eigenvalue weighted by Gasteiger charge is -2.34. The quantitative estimate of drug-likeness (QED) is 0.895. The molecule has 2 heterocycles. The van der Waals surface area contributed by atoms with Gasteiger partial charge in [0.25, 0.3) is 0 Å². The van der Waals surface area contributed by atoms with Gasteiger partial charge in [-0.1, -0.05) is 19.9 Å². The molecule has 6 heteroatoms. The van der Waals surface area contributed by atoms with Crippen LogP contribution in [0.5, 0.6) is 0 Å². The van der Waals surface area contributed by atoms with Gasteiger partial charge in [0.2, 0.25) is 5.91 Å². The summed E-state index contributed by atoms with van der Waals surface area (Å²) in [6.45, 7) is 7.07. The number of rotatable bonds is 4. The number of piperidine rings is 1. The number of likely N-dealkylation sites (tertiary alicyclic amines) is 1. The Labute approximate surface area is 136 Å². The fourth-order valence-corrected chi connectivity index (χ4v) is 3.77. The normalized spacial score (nSPS) is 19.8. The third-order valence-electron chi connectivity index (χ3n) is 3.91. The second-order valence-corrected chi connectivity index (χ2v) is 7.15. The molecule has 2 atom stereocenters. The molecule has 1 fully saturated rings. The van der Waals surface area contributed by atoms with Gasteiger partial charge in [-0.15, -0.1) is 11.3 Å². The van der Waals surface area contributed by atoms with Gasteiger partial charge < -0.3 is 15.5 Å². The van der Waals surface area contributed by atoms with Crippen LogP contribution in [0.1, 0.15) is 44.5 Å². The van der Waals surface area contributed by atoms with Crippen molar-refractivity contribution < 1.29 is 9.59 Å². The summed E-state index contributed by atoms with van der Waals surface area (Å²) in [6, 6.07) is 4.13. The van der Waals surface area contributed by atoms with Gasteiger partial charge in [-0.25, -0.2) is 4.79 Å². The predicted molar refractivity (Wildman–Crippen MR) is 88.8 cm³/mol. The van der Waals surface area contributed by atoms with Crippen molar-refractivity contribution in [2.45, 2.75) is 45.7 Å². The van der Waals surface area contributed by atoms with E-state index in [9.17, 15) is 9.59 Å². The van der Waals surface area contributed by atoms with Crippen LogP contribution < -0.4 is 10.6 Å². The Bertz CT molecular complexity index is 501. The van der Waals surface area contributed by atoms with Crippen LogP contribution in [0.3, 0.4) is 0 Å². The SMILES string of the molecule is CC(=O)N[C@H]1CCCN(C(=O)N[C@H](c2cccs2)C(C)C)C1. The Morgan fingerprint density at radius 2 is 2.18 bits per heavy atom. The van der Waals surface area contributed by atoms with Gasteiger partial charge >= 0.3 is 6.03 Å². The van der Waals surface area contributed by atoms with Crippen molar-refractivity contribution in [2.24, 2.45) is 5.92 Å². The molecule has 1 aromatic heterocycles. The molecule has 1 aromatic rings. The van der Waals surface area contributed by atoms with Crippen molar-refractivity contribution in [2.75, 3.05) is 13.1 Å². The molecule has 0 aliphatic carbocycles. The highest BCUT2D eigenvalue weighted by atomic mass is 32.1. The van der Waals surface area contributed by atoms with Gasteiger partial charge in [0.15, 0.2) is 0 Å². The summed E-state index contributed by atoms with van der Waals surface area (Å²) in [5, 5.41) is 8.09. The van der Waals surface area contributed by atoms with Gasteiger partial charge in [-0.05, 0) is 30.2 Å². The van der Waals surface area contributed by atoms with E-state index < -0.39 is 0 Å². The first kappa shape index (κ1) is 16.8. The zero-order valence-electron chi connectivity index (χ0n) is 13.5. The molecule has 22 heavy (non-hydrogen) atoms. The lowest BCUT2D eigenvalue weighted by Crippen LogP contribution is -2.52. The Balaban J connectivity index is 1.96. The molecule has 1 aliphatic rings. The Morgan fingerprint density at radius 3 is 2.77 bits per heavy atom. The highest BCUT2D eigenvalue weighted by molar-refractivity contribution is 7.10. The number of urea groups is 1. The monoisotopic (exact) mass is 323 g/mol. The van der Waals surface area contributed by atoms with Gasteiger partial charge in [-0.3, -0.25) is 4.79 Å². The number of thiophene rings is 1. The largest absolute Gasteiger partial charge is 0.352 e. The molecule has 0 bridgehead atoms. The number of nitrogens with zero attached hydrogens (tertiary/aromatic N) is 1. The maximum Gasteiger partial charge on any atom is 0.317 e. The minimum atomic E-state index is -0.0397. The van der Waals surface area contributed by atoms with Crippen molar-refractivity contribution in [3.05, 3.63) is 22.4 Å². The fourth-order valence-electron chi connectivity index (χ4n) is 2.83. The average Bonchev–Trinajstić information content (AvgIpc) is 2.97. The summed E-state index contributed by atoms with van der Waals surface area (Å²) in [5.41, 5.74) is 0. The van der Waals surface area contributed by atoms with Crippen molar-refractivity contribution in [1.29, 1.82) is 0 Å². The number of carbonyl (C=O) groups excluding carboxylic acids is 2. The van der Waals surface area contributed by atoms with Crippen LogP contribution >= 0.6 is 11.3 Å². The number of nitrogens with one attached hydrogen (secondary N) is 2. The summed E-state index contributed by atoms with van der Waals surface area (Å²) in [4.78, 5) is 26.7. The molecule has 3 amide bonds. The molecule has 0 saturated carbocycles. The number of carbonyl (C=O) groups is 2. The van der Waals surface area contributed by atoms with Gasteiger partial charge in [0.05, 0.1) is 6.04 Å². The topological polar surface area (TPSA) is 61.4 Å². The number of hydrogen-bond donors (Lipinski definition) is 2. The second-order valence-electron chi connectivity index (χ2n) is 6.17. The molecule has 1 saturated heterocycles. The molecule has 1 aliphatic heterocycles. The molecule has 0 radical (unpaired) electrons. The van der Waals surface area contributed by atoms with Gasteiger partial charge in [0.1, 0.15) is 0 Å². The van der Waals surface area contributed by atoms with E-state index in [0.717, 1.165) is 19.4 Å². The molecule has 0 unspecified atom stereocenters. The van der Waals surface area contributed by atoms with Crippen LogP contribution in [0.2, 0.25) is 0 Å². The number of hydrogen-bond acceptors (Lipinski definition) is 3. The van der Waals surface area contributed by atoms with Crippen molar-refractivity contribution in [1.82, 2.24) is 15.5 Å². The Morgan fingerprint density at radius 1 is 1.41 bits per heavy atom. The van der Waals surface area contributed by atoms with E-state index in [2.05, 4.69) is 30.5 Å². The molecule has 122 valence electrons. The van der Waals surface area contributed by atoms with E-state index in [1.807, 2.05) is 16.3 Å². The van der Waals surface area contributed by atoms with Crippen LogP contribution in [-0.2, 0) is 4.79 Å². The third-order valence-corrected chi connectivity index (χ3v) is 4.87. The van der Waals surface area contributed by atoms with Crippen LogP contribution in [0.15, 0.2) is 17.5 Å². The van der Waals surface area contributed by atoms with E-state index >= 15 is 0 Å². The van der Waals surface area contributed by atoms with E-state index in [1.165, 1.54) is 11.8 Å². The van der Waals surface area contributed by atoms with E-state index in [0.29, 0.717) is 12.5 Å². The maximum atomic E-state index is 12.5. The third kappa shape index (κ3) is 4.47. The van der Waals surface area contributed by atoms with Crippen LogP contribution in [0.4, 0.5) is 4.79 Å². The van der Waals surface area contributed by atoms with E-state index in [4.69, 9.17) is 0 Å². The zero-order valence-corrected chi connectivity index (χ0v) is 14.3. The molecular weight excluding hydrogens is 298 g/mol. The Hall–Kier alpha value is -1.56. The summed E-state index contributed by atoms with van der Waals surface area (Å²) in [7, 11) is 0. The van der Waals surface area contributed by atoms with E-state index in [-0.39, 0.29) is 24.0 Å². The van der Waals surface area contributed by atoms with Crippen molar-refractivity contribution >= 4 is 23.3 Å². The Kier molecular flexibility index (Phi) is 5.83. The number of amides is 3. The molecular formula is C16H25N3O2S. The maximum absolute atomic E-state index is 12.5. The van der Waals surface area contributed by atoms with E-state index in [1.54, 1.807) is 11.3 Å². The molecule has 0 aromatic carbocycles. The first-order chi connectivity index (χ1) is 10.5. The fraction of sp³-hybridized carbons (Fsp3) is 0.625. The lowest BCUT2D eigenvalue weighted by atomic mass is 10.0. The first-order valence-electron chi connectivity index (χ1n) is 7.83. The van der Waals surface area contributed by atoms with Crippen LogP contribution in [0, 0.1) is 5.92 Å². The highest BCUT2D eigenvalue weighted by Gasteiger charge is 2.27. The van der Waals surface area contributed by atoms with Crippen LogP contribution in [0.25, 0.3) is 0 Å². The van der Waals surface area contributed by atoms with Crippen LogP contribution in [-0.4, -0.2) is 36.0 Å². The van der Waals surface area contributed by atoms with Gasteiger partial charge in [0, 0.05) is 30.9 Å². The minimum absolute atomic E-state index is 0.0358. The minimum Gasteiger partial charge on any atom is -0.352 e.